The second-order valence-electron chi connectivity index (χ2n) is 5.55. The highest BCUT2D eigenvalue weighted by atomic mass is 32.2. The lowest BCUT2D eigenvalue weighted by atomic mass is 9.73. The maximum atomic E-state index is 12.7. The van der Waals surface area contributed by atoms with Crippen LogP contribution in [0.2, 0.25) is 0 Å². The Morgan fingerprint density at radius 1 is 1.10 bits per heavy atom. The highest BCUT2D eigenvalue weighted by molar-refractivity contribution is 7.98. The smallest absolute Gasteiger partial charge is 0.230 e. The number of piperidine rings is 1. The lowest BCUT2D eigenvalue weighted by Gasteiger charge is -2.32. The number of ketones is 1. The van der Waals surface area contributed by atoms with Gasteiger partial charge in [-0.25, -0.2) is 0 Å². The summed E-state index contributed by atoms with van der Waals surface area (Å²) in [7, 11) is 0. The molecule has 1 aliphatic carbocycles. The van der Waals surface area contributed by atoms with Crippen molar-refractivity contribution < 1.29 is 14.4 Å². The van der Waals surface area contributed by atoms with E-state index in [0.29, 0.717) is 19.3 Å². The largest absolute Gasteiger partial charge is 0.296 e. The molecular formula is C16H17NO3S. The molecule has 1 N–H and O–H groups in total. The van der Waals surface area contributed by atoms with Crippen molar-refractivity contribution in [3.63, 3.8) is 0 Å². The Balaban J connectivity index is 1.89. The summed E-state index contributed by atoms with van der Waals surface area (Å²) in [5.74, 6) is -1.11. The van der Waals surface area contributed by atoms with E-state index in [0.717, 1.165) is 22.4 Å². The average Bonchev–Trinajstić information content (AvgIpc) is 2.48. The van der Waals surface area contributed by atoms with Crippen LogP contribution in [-0.4, -0.2) is 23.9 Å². The van der Waals surface area contributed by atoms with Gasteiger partial charge in [0.1, 0.15) is 0 Å². The van der Waals surface area contributed by atoms with Crippen molar-refractivity contribution in [2.45, 2.75) is 30.6 Å². The maximum Gasteiger partial charge on any atom is 0.230 e. The topological polar surface area (TPSA) is 63.2 Å². The van der Waals surface area contributed by atoms with Gasteiger partial charge >= 0.3 is 0 Å². The number of hydrogen-bond acceptors (Lipinski definition) is 4. The van der Waals surface area contributed by atoms with E-state index < -0.39 is 0 Å². The average molecular weight is 303 g/mol. The third-order valence-corrected chi connectivity index (χ3v) is 5.25. The molecule has 2 amide bonds. The molecule has 1 fully saturated rings. The third-order valence-electron chi connectivity index (χ3n) is 4.43. The number of benzene rings is 1. The molecule has 2 unspecified atom stereocenters. The summed E-state index contributed by atoms with van der Waals surface area (Å²) in [6.07, 6.45) is 4.33. The minimum absolute atomic E-state index is 0.0571. The first-order valence-electron chi connectivity index (χ1n) is 7.15. The Kier molecular flexibility index (Phi) is 3.85. The molecule has 21 heavy (non-hydrogen) atoms. The second-order valence-corrected chi connectivity index (χ2v) is 6.40. The summed E-state index contributed by atoms with van der Waals surface area (Å²) in [5.41, 5.74) is 1.86. The molecular weight excluding hydrogens is 286 g/mol. The van der Waals surface area contributed by atoms with Crippen molar-refractivity contribution in [2.75, 3.05) is 6.26 Å². The van der Waals surface area contributed by atoms with Crippen LogP contribution >= 0.6 is 11.8 Å². The molecule has 2 aliphatic rings. The van der Waals surface area contributed by atoms with E-state index in [-0.39, 0.29) is 29.4 Å². The van der Waals surface area contributed by atoms with Crippen LogP contribution in [0.3, 0.4) is 0 Å². The van der Waals surface area contributed by atoms with Crippen LogP contribution in [0.25, 0.3) is 0 Å². The van der Waals surface area contributed by atoms with Crippen molar-refractivity contribution in [3.05, 3.63) is 29.3 Å². The first-order valence-corrected chi connectivity index (χ1v) is 8.38. The molecule has 0 saturated carbocycles. The highest BCUT2D eigenvalue weighted by Gasteiger charge is 2.40. The number of carbonyl (C=O) groups excluding carboxylic acids is 3. The number of rotatable bonds is 2. The molecule has 0 radical (unpaired) electrons. The van der Waals surface area contributed by atoms with Gasteiger partial charge in [-0.05, 0) is 37.1 Å². The number of nitrogens with one attached hydrogen (secondary N) is 1. The van der Waals surface area contributed by atoms with Crippen molar-refractivity contribution in [2.24, 2.45) is 11.8 Å². The van der Waals surface area contributed by atoms with E-state index in [1.54, 1.807) is 11.8 Å². The number of fused-ring (bicyclic) bond motifs is 1. The van der Waals surface area contributed by atoms with Gasteiger partial charge < -0.3 is 0 Å². The number of carbonyl (C=O) groups is 3. The van der Waals surface area contributed by atoms with Crippen LogP contribution in [0.5, 0.6) is 0 Å². The van der Waals surface area contributed by atoms with Crippen LogP contribution in [-0.2, 0) is 16.0 Å². The first-order chi connectivity index (χ1) is 10.1. The van der Waals surface area contributed by atoms with E-state index in [2.05, 4.69) is 5.32 Å². The Hall–Kier alpha value is -1.62. The van der Waals surface area contributed by atoms with Gasteiger partial charge in [-0.1, -0.05) is 12.1 Å². The zero-order valence-corrected chi connectivity index (χ0v) is 12.7. The molecule has 0 bridgehead atoms. The number of imide groups is 1. The Labute approximate surface area is 127 Å². The lowest BCUT2D eigenvalue weighted by molar-refractivity contribution is -0.137. The molecule has 3 rings (SSSR count). The lowest BCUT2D eigenvalue weighted by Crippen LogP contribution is -2.46. The first kappa shape index (κ1) is 14.3. The fourth-order valence-electron chi connectivity index (χ4n) is 3.35. The number of hydrogen-bond donors (Lipinski definition) is 1. The van der Waals surface area contributed by atoms with Gasteiger partial charge in [0.25, 0.3) is 0 Å². The van der Waals surface area contributed by atoms with E-state index >= 15 is 0 Å². The van der Waals surface area contributed by atoms with Crippen molar-refractivity contribution >= 4 is 29.4 Å². The molecule has 5 heteroatoms. The summed E-state index contributed by atoms with van der Waals surface area (Å²) in [4.78, 5) is 37.1. The van der Waals surface area contributed by atoms with E-state index in [1.807, 2.05) is 24.5 Å². The molecule has 1 saturated heterocycles. The Bertz CT molecular complexity index is 626. The Morgan fingerprint density at radius 2 is 1.86 bits per heavy atom. The van der Waals surface area contributed by atoms with Gasteiger partial charge in [-0.15, -0.1) is 11.8 Å². The normalized spacial score (nSPS) is 25.5. The van der Waals surface area contributed by atoms with Crippen LogP contribution < -0.4 is 5.32 Å². The predicted octanol–water partition coefficient (Wildman–Crippen LogP) is 2.21. The van der Waals surface area contributed by atoms with E-state index in [1.165, 1.54) is 0 Å². The molecule has 2 atom stereocenters. The summed E-state index contributed by atoms with van der Waals surface area (Å²) in [6.45, 7) is 0. The van der Waals surface area contributed by atoms with Crippen LogP contribution in [0.4, 0.5) is 0 Å². The van der Waals surface area contributed by atoms with Gasteiger partial charge in [0, 0.05) is 28.7 Å². The standard InChI is InChI=1S/C16H17NO3S/c1-21-13-4-2-3-10-9(13)5-6-11(15(10)19)12-7-8-14(18)17-16(12)20/h2-4,11-12H,5-8H2,1H3,(H,17,18,20). The molecule has 110 valence electrons. The predicted molar refractivity (Wildman–Crippen MR) is 80.2 cm³/mol. The molecule has 1 aliphatic heterocycles. The zero-order chi connectivity index (χ0) is 15.0. The van der Waals surface area contributed by atoms with Crippen molar-refractivity contribution in [3.8, 4) is 0 Å². The Morgan fingerprint density at radius 3 is 2.57 bits per heavy atom. The fraction of sp³-hybridized carbons (Fsp3) is 0.438. The summed E-state index contributed by atoms with van der Waals surface area (Å²) in [5, 5.41) is 2.36. The third kappa shape index (κ3) is 2.50. The number of thioether (sulfide) groups is 1. The van der Waals surface area contributed by atoms with Crippen LogP contribution in [0.15, 0.2) is 23.1 Å². The number of amides is 2. The molecule has 0 spiro atoms. The summed E-state index contributed by atoms with van der Waals surface area (Å²) in [6, 6.07) is 5.79. The number of Topliss-reactive ketones (excluding diaryl/α,β-unsaturated/α-hetero) is 1. The molecule has 4 nitrogen and oxygen atoms in total. The highest BCUT2D eigenvalue weighted by Crippen LogP contribution is 2.37. The van der Waals surface area contributed by atoms with Gasteiger partial charge in [0.05, 0.1) is 0 Å². The van der Waals surface area contributed by atoms with Crippen LogP contribution in [0, 0.1) is 11.8 Å². The van der Waals surface area contributed by atoms with Gasteiger partial charge in [-0.3, -0.25) is 19.7 Å². The summed E-state index contributed by atoms with van der Waals surface area (Å²) >= 11 is 1.65. The van der Waals surface area contributed by atoms with E-state index in [4.69, 9.17) is 0 Å². The van der Waals surface area contributed by atoms with Crippen LogP contribution in [0.1, 0.15) is 35.2 Å². The zero-order valence-electron chi connectivity index (χ0n) is 11.8. The quantitative estimate of drug-likeness (QED) is 0.672. The second kappa shape index (κ2) is 5.64. The molecule has 1 aromatic carbocycles. The summed E-state index contributed by atoms with van der Waals surface area (Å²) < 4.78 is 0. The molecule has 1 aromatic rings. The molecule has 0 aromatic heterocycles. The maximum absolute atomic E-state index is 12.7. The van der Waals surface area contributed by atoms with Gasteiger partial charge in [0.15, 0.2) is 5.78 Å². The van der Waals surface area contributed by atoms with Gasteiger partial charge in [0.2, 0.25) is 11.8 Å². The van der Waals surface area contributed by atoms with E-state index in [9.17, 15) is 14.4 Å². The monoisotopic (exact) mass is 303 g/mol. The minimum atomic E-state index is -0.360. The van der Waals surface area contributed by atoms with Crippen molar-refractivity contribution in [1.82, 2.24) is 5.32 Å². The molecule has 1 heterocycles. The fourth-order valence-corrected chi connectivity index (χ4v) is 4.03. The van der Waals surface area contributed by atoms with Crippen molar-refractivity contribution in [1.29, 1.82) is 0 Å². The minimum Gasteiger partial charge on any atom is -0.296 e. The van der Waals surface area contributed by atoms with Gasteiger partial charge in [-0.2, -0.15) is 0 Å². The SMILES string of the molecule is CSc1cccc2c1CCC(C1CCC(=O)NC1=O)C2=O.